The van der Waals surface area contributed by atoms with Crippen molar-refractivity contribution >= 4 is 44.8 Å². The number of thiocarbonyl (C=S) groups is 1. The molecule has 3 aromatic rings. The van der Waals surface area contributed by atoms with Crippen LogP contribution in [0.2, 0.25) is 0 Å². The lowest BCUT2D eigenvalue weighted by Gasteiger charge is -2.11. The summed E-state index contributed by atoms with van der Waals surface area (Å²) >= 11 is 6.58. The molecule has 0 saturated carbocycles. The number of amides is 1. The molecule has 0 radical (unpaired) electrons. The van der Waals surface area contributed by atoms with E-state index in [4.69, 9.17) is 12.2 Å². The highest BCUT2D eigenvalue weighted by Gasteiger charge is 2.13. The number of carbonyl (C=O) groups is 1. The summed E-state index contributed by atoms with van der Waals surface area (Å²) in [5, 5.41) is 3.88. The zero-order chi connectivity index (χ0) is 19.4. The second-order valence-electron chi connectivity index (χ2n) is 5.99. The summed E-state index contributed by atoms with van der Waals surface area (Å²) in [4.78, 5) is 33.1. The fourth-order valence-corrected chi connectivity index (χ4v) is 3.70. The van der Waals surface area contributed by atoms with Crippen molar-refractivity contribution in [2.75, 3.05) is 0 Å². The first kappa shape index (κ1) is 19.0. The molecule has 2 aromatic heterocycles. The van der Waals surface area contributed by atoms with E-state index in [1.807, 2.05) is 44.2 Å². The largest absolute Gasteiger partial charge is 0.357 e. The van der Waals surface area contributed by atoms with Gasteiger partial charge in [0.1, 0.15) is 10.7 Å². The molecule has 3 rings (SSSR count). The molecule has 0 fully saturated rings. The van der Waals surface area contributed by atoms with Crippen LogP contribution in [0.5, 0.6) is 0 Å². The number of aromatic nitrogens is 2. The van der Waals surface area contributed by atoms with Crippen LogP contribution in [0.25, 0.3) is 10.2 Å². The standard InChI is InChI=1S/C18H19N5O2S2/c1-10-11(2)27-17-15(10)16(25)20-13(21-17)8-14(24)22-23-18(26)19-9-12-6-4-3-5-7-12/h3-7H,8-9H2,1-2H3,(H,22,24)(H2,19,23,26)(H,20,21,25). The smallest absolute Gasteiger partial charge is 0.259 e. The van der Waals surface area contributed by atoms with Gasteiger partial charge in [-0.25, -0.2) is 4.98 Å². The maximum Gasteiger partial charge on any atom is 0.259 e. The molecule has 140 valence electrons. The Balaban J connectivity index is 1.54. The number of hydrogen-bond acceptors (Lipinski definition) is 5. The second kappa shape index (κ2) is 8.28. The van der Waals surface area contributed by atoms with E-state index in [1.54, 1.807) is 0 Å². The molecular formula is C18H19N5O2S2. The van der Waals surface area contributed by atoms with Crippen LogP contribution in [-0.4, -0.2) is 21.0 Å². The third-order valence-corrected chi connectivity index (χ3v) is 5.37. The average Bonchev–Trinajstić information content (AvgIpc) is 2.93. The van der Waals surface area contributed by atoms with Gasteiger partial charge in [0, 0.05) is 11.4 Å². The van der Waals surface area contributed by atoms with E-state index in [2.05, 4.69) is 26.1 Å². The summed E-state index contributed by atoms with van der Waals surface area (Å²) in [6.07, 6.45) is -0.0600. The lowest BCUT2D eigenvalue weighted by atomic mass is 10.2. The highest BCUT2D eigenvalue weighted by Crippen LogP contribution is 2.25. The highest BCUT2D eigenvalue weighted by molar-refractivity contribution is 7.80. The quantitative estimate of drug-likeness (QED) is 0.393. The molecule has 7 nitrogen and oxygen atoms in total. The summed E-state index contributed by atoms with van der Waals surface area (Å²) in [7, 11) is 0. The van der Waals surface area contributed by atoms with E-state index in [1.165, 1.54) is 11.3 Å². The van der Waals surface area contributed by atoms with Gasteiger partial charge in [0.15, 0.2) is 5.11 Å². The normalized spacial score (nSPS) is 10.6. The number of hydrogen-bond donors (Lipinski definition) is 4. The van der Waals surface area contributed by atoms with Crippen molar-refractivity contribution in [2.45, 2.75) is 26.8 Å². The van der Waals surface area contributed by atoms with Crippen molar-refractivity contribution in [1.82, 2.24) is 26.1 Å². The Morgan fingerprint density at radius 2 is 1.96 bits per heavy atom. The van der Waals surface area contributed by atoms with Gasteiger partial charge in [0.25, 0.3) is 5.56 Å². The number of rotatable bonds is 4. The predicted molar refractivity (Wildman–Crippen MR) is 111 cm³/mol. The predicted octanol–water partition coefficient (Wildman–Crippen LogP) is 1.84. The van der Waals surface area contributed by atoms with Gasteiger partial charge in [-0.15, -0.1) is 11.3 Å². The Hall–Kier alpha value is -2.78. The number of hydrazine groups is 1. The lowest BCUT2D eigenvalue weighted by molar-refractivity contribution is -0.121. The first-order valence-electron chi connectivity index (χ1n) is 8.29. The minimum Gasteiger partial charge on any atom is -0.357 e. The third kappa shape index (κ3) is 4.69. The third-order valence-electron chi connectivity index (χ3n) is 4.03. The first-order chi connectivity index (χ1) is 12.9. The van der Waals surface area contributed by atoms with Gasteiger partial charge in [0.05, 0.1) is 11.8 Å². The molecule has 0 aliphatic rings. The van der Waals surface area contributed by atoms with Crippen LogP contribution < -0.4 is 21.7 Å². The van der Waals surface area contributed by atoms with Gasteiger partial charge in [-0.05, 0) is 37.2 Å². The number of aryl methyl sites for hydroxylation is 2. The van der Waals surface area contributed by atoms with E-state index >= 15 is 0 Å². The van der Waals surface area contributed by atoms with Crippen LogP contribution >= 0.6 is 23.6 Å². The number of H-pyrrole nitrogens is 1. The molecule has 0 unspecified atom stereocenters. The molecule has 0 saturated heterocycles. The van der Waals surface area contributed by atoms with Crippen molar-refractivity contribution in [1.29, 1.82) is 0 Å². The average molecular weight is 402 g/mol. The SMILES string of the molecule is Cc1sc2nc(CC(=O)NNC(=S)NCc3ccccc3)[nH]c(=O)c2c1C. The Labute approximate surface area is 165 Å². The fourth-order valence-electron chi connectivity index (χ4n) is 2.53. The van der Waals surface area contributed by atoms with Crippen molar-refractivity contribution in [2.24, 2.45) is 0 Å². The molecule has 0 aliphatic heterocycles. The summed E-state index contributed by atoms with van der Waals surface area (Å²) < 4.78 is 0. The van der Waals surface area contributed by atoms with Crippen LogP contribution in [0.1, 0.15) is 21.8 Å². The summed E-state index contributed by atoms with van der Waals surface area (Å²) in [5.74, 6) is -0.0393. The molecule has 0 spiro atoms. The van der Waals surface area contributed by atoms with E-state index in [0.29, 0.717) is 27.7 Å². The van der Waals surface area contributed by atoms with E-state index < -0.39 is 0 Å². The van der Waals surface area contributed by atoms with Crippen LogP contribution in [0.15, 0.2) is 35.1 Å². The van der Waals surface area contributed by atoms with Crippen LogP contribution in [0.3, 0.4) is 0 Å². The number of benzene rings is 1. The van der Waals surface area contributed by atoms with E-state index in [-0.39, 0.29) is 17.9 Å². The van der Waals surface area contributed by atoms with Crippen molar-refractivity contribution < 1.29 is 4.79 Å². The molecule has 0 atom stereocenters. The number of fused-ring (bicyclic) bond motifs is 1. The first-order valence-corrected chi connectivity index (χ1v) is 9.52. The summed E-state index contributed by atoms with van der Waals surface area (Å²) in [5.41, 5.74) is 6.92. The molecule has 0 aliphatic carbocycles. The lowest BCUT2D eigenvalue weighted by Crippen LogP contribution is -2.47. The van der Waals surface area contributed by atoms with E-state index in [0.717, 1.165) is 16.0 Å². The molecule has 27 heavy (non-hydrogen) atoms. The number of thiophene rings is 1. The summed E-state index contributed by atoms with van der Waals surface area (Å²) in [6.45, 7) is 4.39. The minimum atomic E-state index is -0.355. The Morgan fingerprint density at radius 1 is 1.22 bits per heavy atom. The van der Waals surface area contributed by atoms with Crippen LogP contribution in [0, 0.1) is 13.8 Å². The molecule has 1 amide bonds. The molecule has 9 heteroatoms. The fraction of sp³-hybridized carbons (Fsp3) is 0.222. The maximum absolute atomic E-state index is 12.2. The molecule has 0 bridgehead atoms. The number of carbonyl (C=O) groups excluding carboxylic acids is 1. The topological polar surface area (TPSA) is 98.9 Å². The van der Waals surface area contributed by atoms with Crippen molar-refractivity contribution in [3.8, 4) is 0 Å². The Morgan fingerprint density at radius 3 is 2.70 bits per heavy atom. The van der Waals surface area contributed by atoms with Gasteiger partial charge >= 0.3 is 0 Å². The van der Waals surface area contributed by atoms with Crippen molar-refractivity contribution in [3.63, 3.8) is 0 Å². The van der Waals surface area contributed by atoms with Crippen LogP contribution in [0.4, 0.5) is 0 Å². The summed E-state index contributed by atoms with van der Waals surface area (Å²) in [6, 6.07) is 9.77. The Bertz CT molecular complexity index is 1040. The number of nitrogens with zero attached hydrogens (tertiary/aromatic N) is 1. The Kier molecular flexibility index (Phi) is 5.82. The van der Waals surface area contributed by atoms with Crippen molar-refractivity contribution in [3.05, 3.63) is 62.5 Å². The monoisotopic (exact) mass is 401 g/mol. The highest BCUT2D eigenvalue weighted by atomic mass is 32.1. The maximum atomic E-state index is 12.2. The van der Waals surface area contributed by atoms with Gasteiger partial charge in [-0.2, -0.15) is 0 Å². The molecule has 4 N–H and O–H groups in total. The van der Waals surface area contributed by atoms with E-state index in [9.17, 15) is 9.59 Å². The molecule has 2 heterocycles. The number of aromatic amines is 1. The van der Waals surface area contributed by atoms with Gasteiger partial charge < -0.3 is 10.3 Å². The van der Waals surface area contributed by atoms with Gasteiger partial charge in [0.2, 0.25) is 5.91 Å². The minimum absolute atomic E-state index is 0.0600. The van der Waals surface area contributed by atoms with Gasteiger partial charge in [-0.1, -0.05) is 30.3 Å². The van der Waals surface area contributed by atoms with Gasteiger partial charge in [-0.3, -0.25) is 20.4 Å². The zero-order valence-corrected chi connectivity index (χ0v) is 16.5. The number of nitrogens with one attached hydrogen (secondary N) is 4. The zero-order valence-electron chi connectivity index (χ0n) is 14.9. The van der Waals surface area contributed by atoms with Crippen LogP contribution in [-0.2, 0) is 17.8 Å². The second-order valence-corrected chi connectivity index (χ2v) is 7.61. The molecular weight excluding hydrogens is 382 g/mol. The molecule has 1 aromatic carbocycles.